The second-order valence-corrected chi connectivity index (χ2v) is 7.35. The molecule has 0 aliphatic rings. The topological polar surface area (TPSA) is 53.3 Å². The lowest BCUT2D eigenvalue weighted by Crippen LogP contribution is -2.26. The van der Waals surface area contributed by atoms with Crippen molar-refractivity contribution in [2.75, 3.05) is 13.7 Å². The van der Waals surface area contributed by atoms with E-state index in [1.807, 2.05) is 42.5 Å². The van der Waals surface area contributed by atoms with Gasteiger partial charge in [-0.05, 0) is 48.5 Å². The Balaban J connectivity index is 1.73. The molecule has 4 aromatic rings. The summed E-state index contributed by atoms with van der Waals surface area (Å²) in [6.07, 6.45) is 0. The fourth-order valence-corrected chi connectivity index (χ4v) is 3.70. The molecule has 0 radical (unpaired) electrons. The molecular weight excluding hydrogens is 423 g/mol. The van der Waals surface area contributed by atoms with Gasteiger partial charge in [0, 0.05) is 5.56 Å². The van der Waals surface area contributed by atoms with Crippen LogP contribution in [0.3, 0.4) is 0 Å². The second-order valence-electron chi connectivity index (χ2n) is 6.54. The summed E-state index contributed by atoms with van der Waals surface area (Å²) in [5.41, 5.74) is 1.30. The lowest BCUT2D eigenvalue weighted by molar-refractivity contribution is 0.297. The molecular formula is C23H18Cl2N2O3. The maximum absolute atomic E-state index is 13.2. The van der Waals surface area contributed by atoms with Gasteiger partial charge in [0.15, 0.2) is 5.75 Å². The van der Waals surface area contributed by atoms with Crippen molar-refractivity contribution >= 4 is 34.1 Å². The van der Waals surface area contributed by atoms with Crippen LogP contribution in [0.25, 0.3) is 22.3 Å². The predicted octanol–water partition coefficient (Wildman–Crippen LogP) is 5.46. The van der Waals surface area contributed by atoms with Crippen LogP contribution in [0.5, 0.6) is 11.5 Å². The molecule has 0 aliphatic heterocycles. The van der Waals surface area contributed by atoms with Crippen LogP contribution in [-0.2, 0) is 6.54 Å². The van der Waals surface area contributed by atoms with Crippen molar-refractivity contribution in [1.82, 2.24) is 9.55 Å². The molecule has 0 amide bonds. The molecule has 0 aliphatic carbocycles. The Bertz CT molecular complexity index is 1230. The first-order valence-corrected chi connectivity index (χ1v) is 10.0. The van der Waals surface area contributed by atoms with Gasteiger partial charge in [0.25, 0.3) is 5.56 Å². The van der Waals surface area contributed by atoms with Gasteiger partial charge in [-0.3, -0.25) is 9.36 Å². The molecule has 4 rings (SSSR count). The van der Waals surface area contributed by atoms with Crippen LogP contribution in [0.1, 0.15) is 0 Å². The molecule has 0 saturated carbocycles. The molecule has 5 nitrogen and oxygen atoms in total. The smallest absolute Gasteiger partial charge is 0.261 e. The number of para-hydroxylation sites is 2. The molecule has 3 aromatic carbocycles. The first kappa shape index (κ1) is 20.3. The average Bonchev–Trinajstić information content (AvgIpc) is 2.77. The summed E-state index contributed by atoms with van der Waals surface area (Å²) in [5, 5.41) is 1.38. The van der Waals surface area contributed by atoms with Gasteiger partial charge in [0.2, 0.25) is 0 Å². The number of hydrogen-bond acceptors (Lipinski definition) is 4. The number of fused-ring (bicyclic) bond motifs is 1. The third kappa shape index (κ3) is 3.99. The van der Waals surface area contributed by atoms with Gasteiger partial charge in [0.05, 0.1) is 34.6 Å². The third-order valence-electron chi connectivity index (χ3n) is 4.69. The van der Waals surface area contributed by atoms with E-state index in [9.17, 15) is 4.79 Å². The number of hydrogen-bond donors (Lipinski definition) is 0. The zero-order chi connectivity index (χ0) is 21.1. The molecule has 0 saturated heterocycles. The lowest BCUT2D eigenvalue weighted by Gasteiger charge is -2.15. The normalized spacial score (nSPS) is 10.9. The summed E-state index contributed by atoms with van der Waals surface area (Å²) in [6.45, 7) is 0.478. The van der Waals surface area contributed by atoms with Crippen LogP contribution >= 0.6 is 23.2 Å². The highest BCUT2D eigenvalue weighted by Gasteiger charge is 2.14. The zero-order valence-corrected chi connectivity index (χ0v) is 17.7. The Labute approximate surface area is 183 Å². The lowest BCUT2D eigenvalue weighted by atomic mass is 10.1. The van der Waals surface area contributed by atoms with E-state index in [0.29, 0.717) is 32.5 Å². The molecule has 0 spiro atoms. The maximum atomic E-state index is 13.2. The molecule has 1 aromatic heterocycles. The van der Waals surface area contributed by atoms with Crippen LogP contribution < -0.4 is 15.0 Å². The number of benzene rings is 3. The van der Waals surface area contributed by atoms with Crippen molar-refractivity contribution in [2.45, 2.75) is 6.54 Å². The van der Waals surface area contributed by atoms with Crippen LogP contribution in [0.4, 0.5) is 0 Å². The van der Waals surface area contributed by atoms with Crippen molar-refractivity contribution in [1.29, 1.82) is 0 Å². The highest BCUT2D eigenvalue weighted by Crippen LogP contribution is 2.32. The van der Waals surface area contributed by atoms with Crippen LogP contribution in [0.2, 0.25) is 10.0 Å². The van der Waals surface area contributed by atoms with E-state index in [1.54, 1.807) is 35.9 Å². The minimum atomic E-state index is -0.139. The number of aromatic nitrogens is 2. The standard InChI is InChI=1S/C23H18Cl2N2O3/c1-29-16-11-9-15(10-12-16)22-26-20-8-3-2-5-17(20)23(28)27(22)13-14-30-21-18(24)6-4-7-19(21)25/h2-12H,13-14H2,1H3. The molecule has 7 heteroatoms. The molecule has 0 unspecified atom stereocenters. The average molecular weight is 441 g/mol. The Hall–Kier alpha value is -3.02. The van der Waals surface area contributed by atoms with Crippen LogP contribution in [0, 0.1) is 0 Å². The van der Waals surface area contributed by atoms with E-state index in [2.05, 4.69) is 0 Å². The molecule has 0 N–H and O–H groups in total. The van der Waals surface area contributed by atoms with Gasteiger partial charge in [-0.1, -0.05) is 41.4 Å². The fraction of sp³-hybridized carbons (Fsp3) is 0.130. The van der Waals surface area contributed by atoms with Gasteiger partial charge in [-0.2, -0.15) is 0 Å². The summed E-state index contributed by atoms with van der Waals surface area (Å²) >= 11 is 12.3. The fourth-order valence-electron chi connectivity index (χ4n) is 3.20. The van der Waals surface area contributed by atoms with E-state index < -0.39 is 0 Å². The van der Waals surface area contributed by atoms with E-state index >= 15 is 0 Å². The van der Waals surface area contributed by atoms with Crippen molar-refractivity contribution in [2.24, 2.45) is 0 Å². The predicted molar refractivity (Wildman–Crippen MR) is 120 cm³/mol. The van der Waals surface area contributed by atoms with Gasteiger partial charge in [-0.15, -0.1) is 0 Å². The van der Waals surface area contributed by atoms with Crippen molar-refractivity contribution in [3.8, 4) is 22.9 Å². The van der Waals surface area contributed by atoms with E-state index in [1.165, 1.54) is 0 Å². The van der Waals surface area contributed by atoms with Gasteiger partial charge >= 0.3 is 0 Å². The van der Waals surface area contributed by atoms with Gasteiger partial charge in [0.1, 0.15) is 18.2 Å². The summed E-state index contributed by atoms with van der Waals surface area (Å²) in [6, 6.07) is 19.8. The van der Waals surface area contributed by atoms with E-state index in [0.717, 1.165) is 11.3 Å². The van der Waals surface area contributed by atoms with Crippen LogP contribution in [-0.4, -0.2) is 23.3 Å². The molecule has 30 heavy (non-hydrogen) atoms. The summed E-state index contributed by atoms with van der Waals surface area (Å²) < 4.78 is 12.6. The molecule has 1 heterocycles. The van der Waals surface area contributed by atoms with Gasteiger partial charge < -0.3 is 9.47 Å². The highest BCUT2D eigenvalue weighted by molar-refractivity contribution is 6.37. The SMILES string of the molecule is COc1ccc(-c2nc3ccccc3c(=O)n2CCOc2c(Cl)cccc2Cl)cc1. The quantitative estimate of drug-likeness (QED) is 0.399. The Kier molecular flexibility index (Phi) is 5.93. The number of methoxy groups -OCH3 is 1. The number of nitrogens with zero attached hydrogens (tertiary/aromatic N) is 2. The monoisotopic (exact) mass is 440 g/mol. The number of ether oxygens (including phenoxy) is 2. The highest BCUT2D eigenvalue weighted by atomic mass is 35.5. The minimum absolute atomic E-state index is 0.139. The second kappa shape index (κ2) is 8.78. The molecule has 0 bridgehead atoms. The molecule has 152 valence electrons. The summed E-state index contributed by atoms with van der Waals surface area (Å²) in [5.74, 6) is 1.67. The summed E-state index contributed by atoms with van der Waals surface area (Å²) in [7, 11) is 1.61. The largest absolute Gasteiger partial charge is 0.497 e. The van der Waals surface area contributed by atoms with Crippen LogP contribution in [0.15, 0.2) is 71.5 Å². The number of rotatable bonds is 6. The third-order valence-corrected chi connectivity index (χ3v) is 5.29. The Morgan fingerprint density at radius 3 is 2.33 bits per heavy atom. The van der Waals surface area contributed by atoms with Gasteiger partial charge in [-0.25, -0.2) is 4.98 Å². The molecule has 0 atom stereocenters. The molecule has 0 fully saturated rings. The number of halogens is 2. The zero-order valence-electron chi connectivity index (χ0n) is 16.1. The van der Waals surface area contributed by atoms with E-state index in [-0.39, 0.29) is 18.7 Å². The van der Waals surface area contributed by atoms with Crippen molar-refractivity contribution < 1.29 is 9.47 Å². The van der Waals surface area contributed by atoms with E-state index in [4.69, 9.17) is 37.7 Å². The summed E-state index contributed by atoms with van der Waals surface area (Å²) in [4.78, 5) is 17.9. The minimum Gasteiger partial charge on any atom is -0.497 e. The Morgan fingerprint density at radius 2 is 1.63 bits per heavy atom. The first-order chi connectivity index (χ1) is 14.6. The van der Waals surface area contributed by atoms with Crippen molar-refractivity contribution in [3.05, 3.63) is 87.1 Å². The first-order valence-electron chi connectivity index (χ1n) is 9.29. The Morgan fingerprint density at radius 1 is 0.933 bits per heavy atom. The maximum Gasteiger partial charge on any atom is 0.261 e. The van der Waals surface area contributed by atoms with Crippen molar-refractivity contribution in [3.63, 3.8) is 0 Å².